The van der Waals surface area contributed by atoms with E-state index in [0.29, 0.717) is 12.0 Å². The first-order valence-corrected chi connectivity index (χ1v) is 8.59. The van der Waals surface area contributed by atoms with E-state index >= 15 is 0 Å². The average Bonchev–Trinajstić information content (AvgIpc) is 3.30. The third kappa shape index (κ3) is 3.14. The zero-order valence-electron chi connectivity index (χ0n) is 13.7. The van der Waals surface area contributed by atoms with Gasteiger partial charge in [-0.15, -0.1) is 0 Å². The highest BCUT2D eigenvalue weighted by molar-refractivity contribution is 5.59. The molecule has 2 heterocycles. The summed E-state index contributed by atoms with van der Waals surface area (Å²) >= 11 is 0. The van der Waals surface area contributed by atoms with Crippen LogP contribution in [0.4, 0.5) is 11.6 Å². The summed E-state index contributed by atoms with van der Waals surface area (Å²) in [6, 6.07) is 0.586. The predicted molar refractivity (Wildman–Crippen MR) is 88.2 cm³/mol. The van der Waals surface area contributed by atoms with Crippen LogP contribution in [0.1, 0.15) is 69.7 Å². The lowest BCUT2D eigenvalue weighted by Gasteiger charge is -2.30. The van der Waals surface area contributed by atoms with Gasteiger partial charge >= 0.3 is 0 Å². The van der Waals surface area contributed by atoms with E-state index in [4.69, 9.17) is 9.97 Å². The van der Waals surface area contributed by atoms with Crippen LogP contribution in [-0.4, -0.2) is 29.1 Å². The molecule has 2 fully saturated rings. The van der Waals surface area contributed by atoms with Gasteiger partial charge in [0.2, 0.25) is 0 Å². The normalized spacial score (nSPS) is 23.0. The number of hydrogen-bond donors (Lipinski definition) is 1. The van der Waals surface area contributed by atoms with Crippen molar-refractivity contribution in [1.82, 2.24) is 9.97 Å². The number of nitrogens with one attached hydrogen (secondary N) is 1. The maximum atomic E-state index is 4.97. The minimum absolute atomic E-state index is 0.586. The molecule has 0 amide bonds. The van der Waals surface area contributed by atoms with Crippen LogP contribution in [0.5, 0.6) is 0 Å². The van der Waals surface area contributed by atoms with Crippen LogP contribution in [0.3, 0.4) is 0 Å². The highest BCUT2D eigenvalue weighted by Gasteiger charge is 2.30. The van der Waals surface area contributed by atoms with Gasteiger partial charge in [-0.1, -0.05) is 12.8 Å². The van der Waals surface area contributed by atoms with Crippen molar-refractivity contribution in [3.8, 4) is 0 Å². The molecular weight excluding hydrogens is 260 g/mol. The standard InChI is InChI=1S/C17H28N4/c1-4-18-15-13(3)17(20-16(19-15)14-9-10-14)21-11-7-5-6-8-12(21)2/h12,14H,4-11H2,1-3H3,(H,18,19,20). The first-order chi connectivity index (χ1) is 10.2. The average molecular weight is 288 g/mol. The van der Waals surface area contributed by atoms with Gasteiger partial charge in [-0.25, -0.2) is 9.97 Å². The van der Waals surface area contributed by atoms with Crippen molar-refractivity contribution in [2.24, 2.45) is 0 Å². The van der Waals surface area contributed by atoms with Gasteiger partial charge in [0.1, 0.15) is 17.5 Å². The fourth-order valence-corrected chi connectivity index (χ4v) is 3.25. The number of aromatic nitrogens is 2. The van der Waals surface area contributed by atoms with Crippen LogP contribution < -0.4 is 10.2 Å². The van der Waals surface area contributed by atoms with Crippen molar-refractivity contribution in [2.75, 3.05) is 23.3 Å². The molecule has 1 unspecified atom stereocenters. The molecule has 4 heteroatoms. The summed E-state index contributed by atoms with van der Waals surface area (Å²) < 4.78 is 0. The van der Waals surface area contributed by atoms with E-state index in [9.17, 15) is 0 Å². The number of anilines is 2. The second-order valence-corrected chi connectivity index (χ2v) is 6.58. The Morgan fingerprint density at radius 1 is 1.14 bits per heavy atom. The fourth-order valence-electron chi connectivity index (χ4n) is 3.25. The number of rotatable bonds is 4. The third-order valence-corrected chi connectivity index (χ3v) is 4.75. The van der Waals surface area contributed by atoms with Gasteiger partial charge < -0.3 is 10.2 Å². The van der Waals surface area contributed by atoms with E-state index in [1.54, 1.807) is 0 Å². The molecule has 0 bridgehead atoms. The quantitative estimate of drug-likeness (QED) is 0.913. The Balaban J connectivity index is 1.98. The summed E-state index contributed by atoms with van der Waals surface area (Å²) in [5, 5.41) is 3.43. The second kappa shape index (κ2) is 6.20. The zero-order valence-corrected chi connectivity index (χ0v) is 13.7. The molecule has 0 radical (unpaired) electrons. The van der Waals surface area contributed by atoms with E-state index in [2.05, 4.69) is 31.0 Å². The van der Waals surface area contributed by atoms with E-state index in [1.165, 1.54) is 49.9 Å². The monoisotopic (exact) mass is 288 g/mol. The zero-order chi connectivity index (χ0) is 14.8. The molecule has 0 spiro atoms. The van der Waals surface area contributed by atoms with Crippen molar-refractivity contribution >= 4 is 11.6 Å². The Kier molecular flexibility index (Phi) is 4.32. The van der Waals surface area contributed by atoms with E-state index in [0.717, 1.165) is 24.7 Å². The molecule has 1 N–H and O–H groups in total. The van der Waals surface area contributed by atoms with Crippen molar-refractivity contribution in [3.63, 3.8) is 0 Å². The number of hydrogen-bond acceptors (Lipinski definition) is 4. The largest absolute Gasteiger partial charge is 0.370 e. The smallest absolute Gasteiger partial charge is 0.137 e. The highest BCUT2D eigenvalue weighted by atomic mass is 15.2. The van der Waals surface area contributed by atoms with Crippen LogP contribution in [0.25, 0.3) is 0 Å². The first kappa shape index (κ1) is 14.6. The fraction of sp³-hybridized carbons (Fsp3) is 0.765. The van der Waals surface area contributed by atoms with Gasteiger partial charge in [-0.2, -0.15) is 0 Å². The number of nitrogens with zero attached hydrogens (tertiary/aromatic N) is 3. The molecule has 0 aromatic carbocycles. The molecule has 4 nitrogen and oxygen atoms in total. The van der Waals surface area contributed by atoms with Crippen molar-refractivity contribution in [3.05, 3.63) is 11.4 Å². The van der Waals surface area contributed by atoms with E-state index in [-0.39, 0.29) is 0 Å². The van der Waals surface area contributed by atoms with Crippen LogP contribution in [0.15, 0.2) is 0 Å². The molecule has 1 aromatic rings. The van der Waals surface area contributed by atoms with Gasteiger partial charge in [0.05, 0.1) is 0 Å². The van der Waals surface area contributed by atoms with Crippen LogP contribution >= 0.6 is 0 Å². The lowest BCUT2D eigenvalue weighted by atomic mass is 10.1. The van der Waals surface area contributed by atoms with Crippen molar-refractivity contribution in [1.29, 1.82) is 0 Å². The van der Waals surface area contributed by atoms with Gasteiger partial charge in [0.15, 0.2) is 0 Å². The van der Waals surface area contributed by atoms with Crippen molar-refractivity contribution < 1.29 is 0 Å². The van der Waals surface area contributed by atoms with Gasteiger partial charge in [-0.05, 0) is 46.5 Å². The summed E-state index contributed by atoms with van der Waals surface area (Å²) in [7, 11) is 0. The van der Waals surface area contributed by atoms with Gasteiger partial charge in [0, 0.05) is 30.6 Å². The van der Waals surface area contributed by atoms with E-state index < -0.39 is 0 Å². The van der Waals surface area contributed by atoms with Crippen LogP contribution in [0, 0.1) is 6.92 Å². The molecule has 1 aliphatic heterocycles. The molecule has 1 aliphatic carbocycles. The first-order valence-electron chi connectivity index (χ1n) is 8.59. The predicted octanol–water partition coefficient (Wildman–Crippen LogP) is 3.86. The summed E-state index contributed by atoms with van der Waals surface area (Å²) in [6.07, 6.45) is 7.76. The van der Waals surface area contributed by atoms with Crippen LogP contribution in [-0.2, 0) is 0 Å². The summed E-state index contributed by atoms with van der Waals surface area (Å²) in [5.41, 5.74) is 1.22. The molecule has 1 saturated carbocycles. The minimum Gasteiger partial charge on any atom is -0.370 e. The molecule has 1 saturated heterocycles. The molecule has 2 aliphatic rings. The topological polar surface area (TPSA) is 41.1 Å². The van der Waals surface area contributed by atoms with Crippen molar-refractivity contribution in [2.45, 2.75) is 71.3 Å². The maximum absolute atomic E-state index is 4.97. The lowest BCUT2D eigenvalue weighted by Crippen LogP contribution is -2.34. The lowest BCUT2D eigenvalue weighted by molar-refractivity contribution is 0.608. The Morgan fingerprint density at radius 2 is 1.95 bits per heavy atom. The maximum Gasteiger partial charge on any atom is 0.137 e. The van der Waals surface area contributed by atoms with E-state index in [1.807, 2.05) is 0 Å². The second-order valence-electron chi connectivity index (χ2n) is 6.58. The Labute approximate surface area is 128 Å². The molecule has 21 heavy (non-hydrogen) atoms. The third-order valence-electron chi connectivity index (χ3n) is 4.75. The minimum atomic E-state index is 0.586. The molecule has 116 valence electrons. The molecule has 3 rings (SSSR count). The molecular formula is C17H28N4. The highest BCUT2D eigenvalue weighted by Crippen LogP contribution is 2.40. The van der Waals surface area contributed by atoms with Crippen LogP contribution in [0.2, 0.25) is 0 Å². The van der Waals surface area contributed by atoms with Gasteiger partial charge in [0.25, 0.3) is 0 Å². The Bertz CT molecular complexity index is 496. The Morgan fingerprint density at radius 3 is 2.67 bits per heavy atom. The Hall–Kier alpha value is -1.32. The molecule has 1 atom stereocenters. The van der Waals surface area contributed by atoms with Gasteiger partial charge in [-0.3, -0.25) is 0 Å². The SMILES string of the molecule is CCNc1nc(C2CC2)nc(N2CCCCCC2C)c1C. The summed E-state index contributed by atoms with van der Waals surface area (Å²) in [5.74, 6) is 3.88. The molecule has 1 aromatic heterocycles. The summed E-state index contributed by atoms with van der Waals surface area (Å²) in [6.45, 7) is 8.69. The summed E-state index contributed by atoms with van der Waals surface area (Å²) in [4.78, 5) is 12.3.